The summed E-state index contributed by atoms with van der Waals surface area (Å²) in [7, 11) is 0. The molecule has 1 aromatic rings. The summed E-state index contributed by atoms with van der Waals surface area (Å²) in [5.41, 5.74) is 0.436. The fraction of sp³-hybridized carbons (Fsp3) is 0. The molecule has 0 saturated heterocycles. The van der Waals surface area contributed by atoms with Gasteiger partial charge in [0.15, 0.2) is 0 Å². The number of nitrogens with zero attached hydrogens (tertiary/aromatic N) is 1. The minimum absolute atomic E-state index is 0.373. The summed E-state index contributed by atoms with van der Waals surface area (Å²) >= 11 is 10.6. The predicted molar refractivity (Wildman–Crippen MR) is 56.5 cm³/mol. The number of isothiocyanates is 1. The molecule has 0 unspecified atom stereocenters. The minimum Gasteiger partial charge on any atom is -0.206 e. The van der Waals surface area contributed by atoms with E-state index >= 15 is 0 Å². The van der Waals surface area contributed by atoms with Gasteiger partial charge in [0.2, 0.25) is 0 Å². The maximum Gasteiger partial charge on any atom is 0.139 e. The molecule has 0 N–H and O–H groups in total. The Balaban J connectivity index is 3.32. The van der Waals surface area contributed by atoms with Gasteiger partial charge in [0.1, 0.15) is 5.82 Å². The van der Waals surface area contributed by atoms with Crippen LogP contribution in [0, 0.1) is 5.82 Å². The Kier molecular flexibility index (Phi) is 3.53. The van der Waals surface area contributed by atoms with Gasteiger partial charge in [0, 0.05) is 10.5 Å². The van der Waals surface area contributed by atoms with E-state index in [-0.39, 0.29) is 5.82 Å². The van der Waals surface area contributed by atoms with Crippen LogP contribution >= 0.6 is 44.1 Å². The molecule has 0 spiro atoms. The topological polar surface area (TPSA) is 12.4 Å². The largest absolute Gasteiger partial charge is 0.206 e. The summed E-state index contributed by atoms with van der Waals surface area (Å²) in [5, 5.41) is 2.17. The normalized spacial score (nSPS) is 9.25. The molecule has 0 fully saturated rings. The maximum atomic E-state index is 12.9. The summed E-state index contributed by atoms with van der Waals surface area (Å²) < 4.78 is 14.0. The lowest BCUT2D eigenvalue weighted by Gasteiger charge is -1.98. The first-order chi connectivity index (χ1) is 5.65. The van der Waals surface area contributed by atoms with Gasteiger partial charge < -0.3 is 0 Å². The molecule has 0 bridgehead atoms. The van der Waals surface area contributed by atoms with E-state index in [1.54, 1.807) is 6.07 Å². The average molecular weight is 311 g/mol. The molecule has 62 valence electrons. The van der Waals surface area contributed by atoms with Gasteiger partial charge in [-0.15, -0.1) is 0 Å². The predicted octanol–water partition coefficient (Wildman–Crippen LogP) is 4.09. The van der Waals surface area contributed by atoms with E-state index in [4.69, 9.17) is 0 Å². The lowest BCUT2D eigenvalue weighted by atomic mass is 10.3. The number of thiocarbonyl (C=S) groups is 1. The van der Waals surface area contributed by atoms with Crippen molar-refractivity contribution in [2.75, 3.05) is 0 Å². The average Bonchev–Trinajstić information content (AvgIpc) is 2.01. The van der Waals surface area contributed by atoms with Gasteiger partial charge in [-0.2, -0.15) is 4.99 Å². The van der Waals surface area contributed by atoms with Crippen LogP contribution in [-0.2, 0) is 0 Å². The van der Waals surface area contributed by atoms with E-state index < -0.39 is 0 Å². The second-order valence-corrected chi connectivity index (χ2v) is 3.81. The Hall–Kier alpha value is -0.0900. The van der Waals surface area contributed by atoms with Crippen LogP contribution in [0.3, 0.4) is 0 Å². The molecule has 1 nitrogen and oxygen atoms in total. The third-order valence-electron chi connectivity index (χ3n) is 1.16. The van der Waals surface area contributed by atoms with Crippen LogP contribution in [0.15, 0.2) is 26.1 Å². The first-order valence-electron chi connectivity index (χ1n) is 2.87. The standard InChI is InChI=1S/C7H2Br2FNS/c8-4-1-5(9)7(11-3-12)2-6(4)10/h1-2H. The van der Waals surface area contributed by atoms with E-state index in [0.717, 1.165) is 0 Å². The highest BCUT2D eigenvalue weighted by Crippen LogP contribution is 2.30. The van der Waals surface area contributed by atoms with Gasteiger partial charge in [0.25, 0.3) is 0 Å². The fourth-order valence-corrected chi connectivity index (χ4v) is 1.83. The molecule has 0 radical (unpaired) electrons. The number of aliphatic imine (C=N–C) groups is 1. The summed E-state index contributed by atoms with van der Waals surface area (Å²) in [4.78, 5) is 3.67. The van der Waals surface area contributed by atoms with Crippen LogP contribution in [-0.4, -0.2) is 5.16 Å². The van der Waals surface area contributed by atoms with Crippen molar-refractivity contribution in [1.82, 2.24) is 0 Å². The summed E-state index contributed by atoms with van der Waals surface area (Å²) in [5.74, 6) is -0.373. The Bertz CT molecular complexity index is 361. The van der Waals surface area contributed by atoms with Crippen LogP contribution in [0.1, 0.15) is 0 Å². The highest BCUT2D eigenvalue weighted by Gasteiger charge is 2.04. The lowest BCUT2D eigenvalue weighted by molar-refractivity contribution is 0.621. The lowest BCUT2D eigenvalue weighted by Crippen LogP contribution is -1.77. The molecule has 0 saturated carbocycles. The van der Waals surface area contributed by atoms with Crippen LogP contribution < -0.4 is 0 Å². The number of halogens is 3. The maximum absolute atomic E-state index is 12.9. The molecule has 0 aromatic heterocycles. The van der Waals surface area contributed by atoms with Crippen molar-refractivity contribution >= 4 is 54.9 Å². The van der Waals surface area contributed by atoms with Crippen LogP contribution in [0.5, 0.6) is 0 Å². The van der Waals surface area contributed by atoms with Crippen molar-refractivity contribution in [3.63, 3.8) is 0 Å². The highest BCUT2D eigenvalue weighted by molar-refractivity contribution is 9.11. The first kappa shape index (κ1) is 9.99. The van der Waals surface area contributed by atoms with Crippen LogP contribution in [0.25, 0.3) is 0 Å². The fourth-order valence-electron chi connectivity index (χ4n) is 0.647. The summed E-state index contributed by atoms with van der Waals surface area (Å²) in [6.45, 7) is 0. The summed E-state index contributed by atoms with van der Waals surface area (Å²) in [6.07, 6.45) is 0. The third kappa shape index (κ3) is 2.20. The molecule has 5 heteroatoms. The van der Waals surface area contributed by atoms with Crippen molar-refractivity contribution in [3.8, 4) is 0 Å². The van der Waals surface area contributed by atoms with Crippen molar-refractivity contribution < 1.29 is 4.39 Å². The molecule has 0 aliphatic heterocycles. The Morgan fingerprint density at radius 2 is 2.00 bits per heavy atom. The van der Waals surface area contributed by atoms with Gasteiger partial charge in [-0.05, 0) is 50.1 Å². The van der Waals surface area contributed by atoms with E-state index in [2.05, 4.69) is 54.2 Å². The van der Waals surface area contributed by atoms with Crippen LogP contribution in [0.4, 0.5) is 10.1 Å². The molecule has 1 rings (SSSR count). The third-order valence-corrected chi connectivity index (χ3v) is 2.49. The molecule has 0 aliphatic rings. The van der Waals surface area contributed by atoms with Gasteiger partial charge in [-0.1, -0.05) is 0 Å². The van der Waals surface area contributed by atoms with Gasteiger partial charge in [-0.3, -0.25) is 0 Å². The van der Waals surface area contributed by atoms with E-state index in [1.807, 2.05) is 0 Å². The number of hydrogen-bond donors (Lipinski definition) is 0. The number of hydrogen-bond acceptors (Lipinski definition) is 2. The summed E-state index contributed by atoms with van der Waals surface area (Å²) in [6, 6.07) is 2.84. The molecule has 0 amide bonds. The van der Waals surface area contributed by atoms with E-state index in [0.29, 0.717) is 14.6 Å². The minimum atomic E-state index is -0.373. The SMILES string of the molecule is Fc1cc(N=C=S)c(Br)cc1Br. The zero-order chi connectivity index (χ0) is 9.14. The molecular formula is C7H2Br2FNS. The van der Waals surface area contributed by atoms with Crippen molar-refractivity contribution in [1.29, 1.82) is 0 Å². The van der Waals surface area contributed by atoms with Gasteiger partial charge >= 0.3 is 0 Å². The Labute approximate surface area is 91.0 Å². The van der Waals surface area contributed by atoms with Gasteiger partial charge in [0.05, 0.1) is 15.3 Å². The molecular weight excluding hydrogens is 309 g/mol. The zero-order valence-electron chi connectivity index (χ0n) is 5.64. The zero-order valence-corrected chi connectivity index (χ0v) is 9.63. The van der Waals surface area contributed by atoms with E-state index in [9.17, 15) is 4.39 Å². The van der Waals surface area contributed by atoms with E-state index in [1.165, 1.54) is 6.07 Å². The van der Waals surface area contributed by atoms with Crippen LogP contribution in [0.2, 0.25) is 0 Å². The van der Waals surface area contributed by atoms with Crippen molar-refractivity contribution in [2.24, 2.45) is 4.99 Å². The molecule has 0 heterocycles. The Morgan fingerprint density at radius 3 is 2.58 bits per heavy atom. The first-order valence-corrected chi connectivity index (χ1v) is 4.87. The van der Waals surface area contributed by atoms with Crippen molar-refractivity contribution in [2.45, 2.75) is 0 Å². The smallest absolute Gasteiger partial charge is 0.139 e. The molecule has 12 heavy (non-hydrogen) atoms. The molecule has 1 aromatic carbocycles. The highest BCUT2D eigenvalue weighted by atomic mass is 79.9. The Morgan fingerprint density at radius 1 is 1.33 bits per heavy atom. The second-order valence-electron chi connectivity index (χ2n) is 1.92. The number of benzene rings is 1. The second kappa shape index (κ2) is 4.23. The quantitative estimate of drug-likeness (QED) is 0.432. The van der Waals surface area contributed by atoms with Crippen molar-refractivity contribution in [3.05, 3.63) is 26.9 Å². The number of rotatable bonds is 1. The monoisotopic (exact) mass is 309 g/mol. The van der Waals surface area contributed by atoms with Gasteiger partial charge in [-0.25, -0.2) is 4.39 Å². The molecule has 0 aliphatic carbocycles. The molecule has 0 atom stereocenters.